The van der Waals surface area contributed by atoms with Gasteiger partial charge in [-0.2, -0.15) is 5.10 Å². The highest BCUT2D eigenvalue weighted by Crippen LogP contribution is 2.42. The predicted molar refractivity (Wildman–Crippen MR) is 67.9 cm³/mol. The molecule has 0 aromatic carbocycles. The Morgan fingerprint density at radius 2 is 2.29 bits per heavy atom. The van der Waals surface area contributed by atoms with Crippen molar-refractivity contribution in [1.82, 2.24) is 15.2 Å². The summed E-state index contributed by atoms with van der Waals surface area (Å²) in [6.45, 7) is 0. The summed E-state index contributed by atoms with van der Waals surface area (Å²) in [7, 11) is 0. The van der Waals surface area contributed by atoms with Crippen molar-refractivity contribution in [2.24, 2.45) is 0 Å². The van der Waals surface area contributed by atoms with Crippen LogP contribution in [0.2, 0.25) is 0 Å². The topological polar surface area (TPSA) is 41.6 Å². The number of hydrogen-bond donors (Lipinski definition) is 1. The van der Waals surface area contributed by atoms with Crippen LogP contribution in [-0.2, 0) is 6.42 Å². The lowest BCUT2D eigenvalue weighted by atomic mass is 10.1. The van der Waals surface area contributed by atoms with Crippen LogP contribution in [0.4, 0.5) is 0 Å². The van der Waals surface area contributed by atoms with Gasteiger partial charge in [0.1, 0.15) is 0 Å². The lowest BCUT2D eigenvalue weighted by Crippen LogP contribution is -1.85. The Morgan fingerprint density at radius 1 is 1.29 bits per heavy atom. The van der Waals surface area contributed by atoms with Crippen LogP contribution < -0.4 is 0 Å². The summed E-state index contributed by atoms with van der Waals surface area (Å²) in [5.74, 6) is 0. The van der Waals surface area contributed by atoms with Crippen molar-refractivity contribution in [1.29, 1.82) is 0 Å². The van der Waals surface area contributed by atoms with Crippen LogP contribution >= 0.6 is 11.3 Å². The average Bonchev–Trinajstić information content (AvgIpc) is 3.00. The first-order valence-corrected chi connectivity index (χ1v) is 6.36. The van der Waals surface area contributed by atoms with Crippen LogP contribution in [-0.4, -0.2) is 15.2 Å². The van der Waals surface area contributed by atoms with Crippen molar-refractivity contribution in [2.75, 3.05) is 0 Å². The van der Waals surface area contributed by atoms with Crippen molar-refractivity contribution in [3.63, 3.8) is 0 Å². The fourth-order valence-electron chi connectivity index (χ4n) is 2.36. The molecule has 1 aliphatic carbocycles. The molecule has 3 nitrogen and oxygen atoms in total. The zero-order chi connectivity index (χ0) is 11.2. The summed E-state index contributed by atoms with van der Waals surface area (Å²) >= 11 is 1.81. The molecule has 0 fully saturated rings. The highest BCUT2D eigenvalue weighted by molar-refractivity contribution is 7.10. The normalized spacial score (nSPS) is 12.5. The molecular weight excluding hydrogens is 230 g/mol. The highest BCUT2D eigenvalue weighted by atomic mass is 32.1. The molecule has 4 heteroatoms. The Hall–Kier alpha value is -1.94. The van der Waals surface area contributed by atoms with Crippen LogP contribution in [0.15, 0.2) is 36.0 Å². The van der Waals surface area contributed by atoms with Crippen LogP contribution in [0, 0.1) is 0 Å². The molecule has 17 heavy (non-hydrogen) atoms. The quantitative estimate of drug-likeness (QED) is 0.554. The van der Waals surface area contributed by atoms with Gasteiger partial charge in [0.2, 0.25) is 0 Å². The number of pyridine rings is 1. The fraction of sp³-hybridized carbons (Fsp3) is 0.0769. The molecule has 0 spiro atoms. The van der Waals surface area contributed by atoms with E-state index in [0.717, 1.165) is 17.7 Å². The summed E-state index contributed by atoms with van der Waals surface area (Å²) in [5.41, 5.74) is 5.92. The standard InChI is InChI=1S/C13H9N3S/c1-2-8(7-14-4-1)12-10-6-11-9(3-5-17-11)13(10)16-15-12/h1-5,7H,6H2,(H,15,16). The smallest absolute Gasteiger partial charge is 0.0978 e. The number of hydrogen-bond acceptors (Lipinski definition) is 3. The molecule has 0 unspecified atom stereocenters. The number of fused-ring (bicyclic) bond motifs is 3. The fourth-order valence-corrected chi connectivity index (χ4v) is 3.26. The van der Waals surface area contributed by atoms with E-state index in [2.05, 4.69) is 32.7 Å². The zero-order valence-electron chi connectivity index (χ0n) is 8.97. The minimum Gasteiger partial charge on any atom is -0.277 e. The summed E-state index contributed by atoms with van der Waals surface area (Å²) in [6.07, 6.45) is 4.64. The number of nitrogens with zero attached hydrogens (tertiary/aromatic N) is 2. The Bertz CT molecular complexity index is 682. The zero-order valence-corrected chi connectivity index (χ0v) is 9.79. The molecule has 4 rings (SSSR count). The van der Waals surface area contributed by atoms with Gasteiger partial charge in [0.05, 0.1) is 11.4 Å². The molecule has 0 amide bonds. The molecule has 3 heterocycles. The lowest BCUT2D eigenvalue weighted by Gasteiger charge is -1.97. The van der Waals surface area contributed by atoms with E-state index in [1.54, 1.807) is 6.20 Å². The van der Waals surface area contributed by atoms with Gasteiger partial charge in [-0.25, -0.2) is 0 Å². The van der Waals surface area contributed by atoms with Crippen molar-refractivity contribution < 1.29 is 0 Å². The van der Waals surface area contributed by atoms with Gasteiger partial charge in [0.15, 0.2) is 0 Å². The van der Waals surface area contributed by atoms with E-state index in [9.17, 15) is 0 Å². The third kappa shape index (κ3) is 1.21. The number of H-pyrrole nitrogens is 1. The van der Waals surface area contributed by atoms with Gasteiger partial charge >= 0.3 is 0 Å². The molecule has 3 aromatic rings. The maximum absolute atomic E-state index is 4.43. The third-order valence-electron chi connectivity index (χ3n) is 3.15. The third-order valence-corrected chi connectivity index (χ3v) is 4.08. The van der Waals surface area contributed by atoms with Gasteiger partial charge in [-0.3, -0.25) is 10.1 Å². The first-order valence-electron chi connectivity index (χ1n) is 5.48. The van der Waals surface area contributed by atoms with Gasteiger partial charge in [0, 0.05) is 40.4 Å². The molecule has 0 aliphatic heterocycles. The molecule has 0 saturated heterocycles. The molecule has 82 valence electrons. The molecule has 1 aliphatic rings. The summed E-state index contributed by atoms with van der Waals surface area (Å²) in [5, 5.41) is 9.72. The van der Waals surface area contributed by atoms with Crippen molar-refractivity contribution in [2.45, 2.75) is 6.42 Å². The highest BCUT2D eigenvalue weighted by Gasteiger charge is 2.25. The molecule has 0 bridgehead atoms. The van der Waals surface area contributed by atoms with E-state index in [1.807, 2.05) is 23.6 Å². The first kappa shape index (κ1) is 9.13. The molecule has 1 N–H and O–H groups in total. The van der Waals surface area contributed by atoms with Gasteiger partial charge in [-0.15, -0.1) is 11.3 Å². The Balaban J connectivity index is 1.91. The number of nitrogens with one attached hydrogen (secondary N) is 1. The second-order valence-electron chi connectivity index (χ2n) is 4.10. The minimum absolute atomic E-state index is 0.989. The summed E-state index contributed by atoms with van der Waals surface area (Å²) < 4.78 is 0. The Kier molecular flexibility index (Phi) is 1.76. The van der Waals surface area contributed by atoms with E-state index in [-0.39, 0.29) is 0 Å². The Labute approximate surface area is 102 Å². The summed E-state index contributed by atoms with van der Waals surface area (Å²) in [4.78, 5) is 5.58. The van der Waals surface area contributed by atoms with Crippen molar-refractivity contribution >= 4 is 11.3 Å². The molecule has 0 radical (unpaired) electrons. The molecule has 0 saturated carbocycles. The largest absolute Gasteiger partial charge is 0.277 e. The maximum Gasteiger partial charge on any atom is 0.0978 e. The van der Waals surface area contributed by atoms with Gasteiger partial charge in [-0.1, -0.05) is 0 Å². The van der Waals surface area contributed by atoms with Gasteiger partial charge in [0.25, 0.3) is 0 Å². The molecule has 0 atom stereocenters. The number of aromatic nitrogens is 3. The van der Waals surface area contributed by atoms with Crippen LogP contribution in [0.1, 0.15) is 10.4 Å². The maximum atomic E-state index is 4.43. The van der Waals surface area contributed by atoms with Crippen LogP contribution in [0.25, 0.3) is 22.5 Å². The van der Waals surface area contributed by atoms with Gasteiger partial charge < -0.3 is 0 Å². The second kappa shape index (κ2) is 3.28. The van der Waals surface area contributed by atoms with Crippen molar-refractivity contribution in [3.8, 4) is 22.5 Å². The minimum atomic E-state index is 0.989. The van der Waals surface area contributed by atoms with Crippen molar-refractivity contribution in [3.05, 3.63) is 46.4 Å². The average molecular weight is 239 g/mol. The predicted octanol–water partition coefficient (Wildman–Crippen LogP) is 3.10. The monoisotopic (exact) mass is 239 g/mol. The van der Waals surface area contributed by atoms with E-state index in [1.165, 1.54) is 21.7 Å². The van der Waals surface area contributed by atoms with Gasteiger partial charge in [-0.05, 0) is 23.6 Å². The molecule has 3 aromatic heterocycles. The summed E-state index contributed by atoms with van der Waals surface area (Å²) in [6, 6.07) is 6.16. The second-order valence-corrected chi connectivity index (χ2v) is 5.10. The Morgan fingerprint density at radius 3 is 3.18 bits per heavy atom. The van der Waals surface area contributed by atoms with E-state index in [4.69, 9.17) is 0 Å². The SMILES string of the molecule is c1cncc(-c2n[nH]c3c2Cc2sccc2-3)c1. The van der Waals surface area contributed by atoms with E-state index in [0.29, 0.717) is 0 Å². The first-order chi connectivity index (χ1) is 8.43. The number of rotatable bonds is 1. The van der Waals surface area contributed by atoms with E-state index < -0.39 is 0 Å². The lowest BCUT2D eigenvalue weighted by molar-refractivity contribution is 1.09. The van der Waals surface area contributed by atoms with Crippen LogP contribution in [0.5, 0.6) is 0 Å². The molecular formula is C13H9N3S. The number of aromatic amines is 1. The number of thiophene rings is 1. The van der Waals surface area contributed by atoms with Crippen LogP contribution in [0.3, 0.4) is 0 Å². The van der Waals surface area contributed by atoms with E-state index >= 15 is 0 Å².